The Labute approximate surface area is 80.6 Å². The molecule has 0 bridgehead atoms. The molecule has 0 unspecified atom stereocenters. The number of nitrogens with one attached hydrogen (secondary N) is 2. The van der Waals surface area contributed by atoms with Crippen molar-refractivity contribution in [2.24, 2.45) is 0 Å². The number of carbonyl (C=O) groups is 2. The number of carbonyl (C=O) groups excluding carboxylic acids is 2. The lowest BCUT2D eigenvalue weighted by Crippen LogP contribution is -2.30. The summed E-state index contributed by atoms with van der Waals surface area (Å²) >= 11 is 10.5. The maximum Gasteiger partial charge on any atom is 0.253 e. The van der Waals surface area contributed by atoms with E-state index in [9.17, 15) is 9.59 Å². The Hall–Kier alpha value is -0.480. The molecule has 0 heterocycles. The predicted molar refractivity (Wildman–Crippen MR) is 47.2 cm³/mol. The second-order valence-electron chi connectivity index (χ2n) is 2.02. The summed E-state index contributed by atoms with van der Waals surface area (Å²) in [6.45, 7) is 0.981. The van der Waals surface area contributed by atoms with Crippen molar-refractivity contribution in [2.45, 2.75) is 11.3 Å². The molecule has 0 saturated carbocycles. The summed E-state index contributed by atoms with van der Waals surface area (Å²) in [7, 11) is 0. The molecule has 0 aliphatic carbocycles. The Kier molecular flexibility index (Phi) is 6.90. The van der Waals surface area contributed by atoms with Crippen molar-refractivity contribution in [3.8, 4) is 0 Å². The van der Waals surface area contributed by atoms with Gasteiger partial charge in [0.05, 0.1) is 0 Å². The molecule has 2 N–H and O–H groups in total. The highest BCUT2D eigenvalue weighted by Crippen LogP contribution is 1.99. The minimum Gasteiger partial charge on any atom is -0.359 e. The van der Waals surface area contributed by atoms with Gasteiger partial charge in [-0.15, -0.1) is 0 Å². The van der Waals surface area contributed by atoms with E-state index in [1.54, 1.807) is 0 Å². The van der Waals surface area contributed by atoms with Crippen LogP contribution in [-0.2, 0) is 9.59 Å². The molecular weight excluding hydrogens is 203 g/mol. The van der Waals surface area contributed by atoms with E-state index in [-0.39, 0.29) is 0 Å². The number of hydrogen-bond donors (Lipinski definition) is 2. The maximum absolute atomic E-state index is 10.7. The van der Waals surface area contributed by atoms with E-state index in [2.05, 4.69) is 10.6 Å². The van der Waals surface area contributed by atoms with E-state index >= 15 is 0 Å². The summed E-state index contributed by atoms with van der Waals surface area (Å²) in [5.41, 5.74) is 0. The topological polar surface area (TPSA) is 58.2 Å². The molecule has 6 heteroatoms. The molecule has 0 aliphatic heterocycles. The van der Waals surface area contributed by atoms with Gasteiger partial charge in [-0.05, 0) is 6.42 Å². The number of amides is 2. The van der Waals surface area contributed by atoms with Crippen molar-refractivity contribution in [1.82, 2.24) is 10.6 Å². The molecule has 0 fully saturated rings. The van der Waals surface area contributed by atoms with Crippen molar-refractivity contribution in [3.05, 3.63) is 0 Å². The summed E-state index contributed by atoms with van der Waals surface area (Å²) in [6, 6.07) is 0. The molecule has 0 aromatic carbocycles. The largest absolute Gasteiger partial charge is 0.359 e. The average Bonchev–Trinajstić information content (AvgIpc) is 2.03. The Morgan fingerprint density at radius 2 is 2.08 bits per heavy atom. The fraction of sp³-hybridized carbons (Fsp3) is 0.667. The lowest BCUT2D eigenvalue weighted by atomic mass is 10.4. The lowest BCUT2D eigenvalue weighted by Gasteiger charge is -2.04. The van der Waals surface area contributed by atoms with Gasteiger partial charge in [0.15, 0.2) is 4.84 Å². The molecule has 0 aromatic heterocycles. The third kappa shape index (κ3) is 6.24. The van der Waals surface area contributed by atoms with Crippen LogP contribution in [0.1, 0.15) is 6.42 Å². The summed E-state index contributed by atoms with van der Waals surface area (Å²) in [4.78, 5) is 19.5. The van der Waals surface area contributed by atoms with E-state index in [0.29, 0.717) is 25.9 Å². The minimum atomic E-state index is -1.02. The third-order valence-electron chi connectivity index (χ3n) is 1.08. The van der Waals surface area contributed by atoms with E-state index in [1.807, 2.05) is 0 Å². The van der Waals surface area contributed by atoms with Crippen molar-refractivity contribution in [2.75, 3.05) is 13.1 Å². The lowest BCUT2D eigenvalue weighted by molar-refractivity contribution is -0.119. The van der Waals surface area contributed by atoms with Crippen LogP contribution < -0.4 is 10.6 Å². The van der Waals surface area contributed by atoms with Crippen LogP contribution in [0.25, 0.3) is 0 Å². The SMILES string of the molecule is O=CNCCCNC(=O)C(Cl)Cl. The van der Waals surface area contributed by atoms with Gasteiger partial charge < -0.3 is 10.6 Å². The minimum absolute atomic E-state index is 0.413. The van der Waals surface area contributed by atoms with Gasteiger partial charge >= 0.3 is 0 Å². The summed E-state index contributed by atoms with van der Waals surface area (Å²) in [5.74, 6) is -0.413. The Balaban J connectivity index is 3.19. The molecule has 0 aromatic rings. The van der Waals surface area contributed by atoms with Crippen LogP contribution in [0.2, 0.25) is 0 Å². The molecule has 0 spiro atoms. The van der Waals surface area contributed by atoms with Crippen LogP contribution in [-0.4, -0.2) is 30.2 Å². The van der Waals surface area contributed by atoms with Gasteiger partial charge in [0.2, 0.25) is 6.41 Å². The number of rotatable bonds is 6. The van der Waals surface area contributed by atoms with Crippen molar-refractivity contribution < 1.29 is 9.59 Å². The molecule has 2 amide bonds. The fourth-order valence-electron chi connectivity index (χ4n) is 0.538. The van der Waals surface area contributed by atoms with Gasteiger partial charge in [-0.25, -0.2) is 0 Å². The van der Waals surface area contributed by atoms with Crippen LogP contribution >= 0.6 is 23.2 Å². The molecule has 0 aliphatic rings. The molecule has 0 radical (unpaired) electrons. The second kappa shape index (κ2) is 7.18. The zero-order chi connectivity index (χ0) is 9.40. The van der Waals surface area contributed by atoms with Crippen LogP contribution in [0.5, 0.6) is 0 Å². The van der Waals surface area contributed by atoms with Gasteiger partial charge in [-0.1, -0.05) is 23.2 Å². The normalized spacial score (nSPS) is 9.58. The van der Waals surface area contributed by atoms with Crippen LogP contribution in [0.15, 0.2) is 0 Å². The molecule has 0 atom stereocenters. The molecule has 70 valence electrons. The fourth-order valence-corrected chi connectivity index (χ4v) is 0.692. The first-order valence-corrected chi connectivity index (χ1v) is 4.28. The Bertz CT molecular complexity index is 152. The van der Waals surface area contributed by atoms with Gasteiger partial charge in [0.25, 0.3) is 5.91 Å². The average molecular weight is 213 g/mol. The Morgan fingerprint density at radius 3 is 2.58 bits per heavy atom. The van der Waals surface area contributed by atoms with Crippen molar-refractivity contribution in [3.63, 3.8) is 0 Å². The highest BCUT2D eigenvalue weighted by molar-refractivity contribution is 6.53. The smallest absolute Gasteiger partial charge is 0.253 e. The number of halogens is 2. The van der Waals surface area contributed by atoms with E-state index in [0.717, 1.165) is 0 Å². The number of alkyl halides is 2. The summed E-state index contributed by atoms with van der Waals surface area (Å²) in [6.07, 6.45) is 1.26. The van der Waals surface area contributed by atoms with Crippen molar-refractivity contribution >= 4 is 35.5 Å². The van der Waals surface area contributed by atoms with Gasteiger partial charge in [0.1, 0.15) is 0 Å². The first-order valence-electron chi connectivity index (χ1n) is 3.41. The van der Waals surface area contributed by atoms with Crippen LogP contribution in [0.3, 0.4) is 0 Å². The first kappa shape index (κ1) is 11.5. The van der Waals surface area contributed by atoms with Crippen LogP contribution in [0, 0.1) is 0 Å². The van der Waals surface area contributed by atoms with E-state index in [4.69, 9.17) is 23.2 Å². The maximum atomic E-state index is 10.7. The standard InChI is InChI=1S/C6H10Cl2N2O2/c7-5(8)6(12)10-3-1-2-9-4-11/h4-5H,1-3H2,(H,9,11)(H,10,12). The zero-order valence-electron chi connectivity index (χ0n) is 6.35. The highest BCUT2D eigenvalue weighted by atomic mass is 35.5. The molecule has 12 heavy (non-hydrogen) atoms. The quantitative estimate of drug-likeness (QED) is 0.372. The predicted octanol–water partition coefficient (Wildman–Crippen LogP) is 0.0424. The van der Waals surface area contributed by atoms with Crippen LogP contribution in [0.4, 0.5) is 0 Å². The molecule has 0 rings (SSSR count). The van der Waals surface area contributed by atoms with Crippen molar-refractivity contribution in [1.29, 1.82) is 0 Å². The van der Waals surface area contributed by atoms with Gasteiger partial charge in [-0.3, -0.25) is 9.59 Å². The van der Waals surface area contributed by atoms with E-state index in [1.165, 1.54) is 0 Å². The summed E-state index contributed by atoms with van der Waals surface area (Å²) < 4.78 is 0. The molecular formula is C6H10Cl2N2O2. The molecule has 4 nitrogen and oxygen atoms in total. The molecule has 0 saturated heterocycles. The first-order chi connectivity index (χ1) is 5.68. The van der Waals surface area contributed by atoms with Gasteiger partial charge in [0, 0.05) is 13.1 Å². The van der Waals surface area contributed by atoms with Gasteiger partial charge in [-0.2, -0.15) is 0 Å². The second-order valence-corrected chi connectivity index (χ2v) is 3.11. The zero-order valence-corrected chi connectivity index (χ0v) is 7.86. The Morgan fingerprint density at radius 1 is 1.42 bits per heavy atom. The monoisotopic (exact) mass is 212 g/mol. The van der Waals surface area contributed by atoms with E-state index < -0.39 is 10.7 Å². The summed E-state index contributed by atoms with van der Waals surface area (Å²) in [5, 5.41) is 4.94. The third-order valence-corrected chi connectivity index (χ3v) is 1.48. The number of hydrogen-bond acceptors (Lipinski definition) is 2. The highest BCUT2D eigenvalue weighted by Gasteiger charge is 2.08.